The summed E-state index contributed by atoms with van der Waals surface area (Å²) in [6, 6.07) is 0. The van der Waals surface area contributed by atoms with Gasteiger partial charge in [0.15, 0.2) is 6.10 Å². The summed E-state index contributed by atoms with van der Waals surface area (Å²) < 4.78 is 16.7. The zero-order valence-corrected chi connectivity index (χ0v) is 39.8. The van der Waals surface area contributed by atoms with Gasteiger partial charge in [-0.2, -0.15) is 0 Å². The number of unbranched alkanes of at least 4 members (excludes halogenated alkanes) is 16. The molecule has 0 amide bonds. The molecule has 0 saturated carbocycles. The minimum absolute atomic E-state index is 0.123. The predicted octanol–water partition coefficient (Wildman–Crippen LogP) is 16.4. The quantitative estimate of drug-likeness (QED) is 0.0200. The summed E-state index contributed by atoms with van der Waals surface area (Å²) in [6.07, 6.45) is 66.5. The standard InChI is InChI=1S/C56H90O6/c1-4-7-10-13-16-19-22-24-26-28-30-31-34-37-40-43-46-49-55(58)61-52-53(51-60-54(57)48-45-42-39-36-33-21-18-15-12-9-6-3)62-56(59)50-47-44-41-38-35-32-29-27-25-23-20-17-14-11-8-5-2/h7,10,15-16,18-19,21,24,26-27,29-33,35,37,40,53H,4-6,8-9,11-14,17,20,22-23,25,28,34,36,38-39,41-52H2,1-3H3/b10-7-,18-15-,19-16-,26-24-,29-27-,31-30-,33-21-,35-32-,40-37-. The second kappa shape index (κ2) is 49.7. The number of carbonyl (C=O) groups is 3. The molecule has 0 aliphatic heterocycles. The second-order valence-electron chi connectivity index (χ2n) is 16.0. The number of rotatable bonds is 43. The van der Waals surface area contributed by atoms with Crippen LogP contribution >= 0.6 is 0 Å². The van der Waals surface area contributed by atoms with Gasteiger partial charge in [-0.1, -0.05) is 194 Å². The second-order valence-corrected chi connectivity index (χ2v) is 16.0. The zero-order valence-electron chi connectivity index (χ0n) is 39.8. The topological polar surface area (TPSA) is 78.9 Å². The van der Waals surface area contributed by atoms with Gasteiger partial charge < -0.3 is 14.2 Å². The molecule has 350 valence electrons. The van der Waals surface area contributed by atoms with Crippen LogP contribution in [0.3, 0.4) is 0 Å². The zero-order chi connectivity index (χ0) is 45.1. The van der Waals surface area contributed by atoms with E-state index >= 15 is 0 Å². The Balaban J connectivity index is 4.56. The molecule has 0 saturated heterocycles. The van der Waals surface area contributed by atoms with Crippen LogP contribution in [0.15, 0.2) is 109 Å². The smallest absolute Gasteiger partial charge is 0.306 e. The molecule has 0 aromatic carbocycles. The largest absolute Gasteiger partial charge is 0.462 e. The molecule has 6 heteroatoms. The highest BCUT2D eigenvalue weighted by atomic mass is 16.6. The average molecular weight is 859 g/mol. The van der Waals surface area contributed by atoms with Crippen LogP contribution in [0, 0.1) is 0 Å². The van der Waals surface area contributed by atoms with Gasteiger partial charge in [0.2, 0.25) is 0 Å². The van der Waals surface area contributed by atoms with Gasteiger partial charge in [0, 0.05) is 19.3 Å². The van der Waals surface area contributed by atoms with E-state index in [0.29, 0.717) is 19.3 Å². The summed E-state index contributed by atoms with van der Waals surface area (Å²) in [6.45, 7) is 6.35. The number of esters is 3. The maximum Gasteiger partial charge on any atom is 0.306 e. The van der Waals surface area contributed by atoms with E-state index in [4.69, 9.17) is 14.2 Å². The third-order valence-corrected chi connectivity index (χ3v) is 10.0. The van der Waals surface area contributed by atoms with Crippen LogP contribution in [0.1, 0.15) is 207 Å². The van der Waals surface area contributed by atoms with Crippen molar-refractivity contribution in [2.24, 2.45) is 0 Å². The molecule has 62 heavy (non-hydrogen) atoms. The summed E-state index contributed by atoms with van der Waals surface area (Å²) in [7, 11) is 0. The lowest BCUT2D eigenvalue weighted by molar-refractivity contribution is -0.167. The summed E-state index contributed by atoms with van der Waals surface area (Å²) in [5.41, 5.74) is 0. The summed E-state index contributed by atoms with van der Waals surface area (Å²) in [4.78, 5) is 37.9. The van der Waals surface area contributed by atoms with Gasteiger partial charge in [0.25, 0.3) is 0 Å². The van der Waals surface area contributed by atoms with E-state index in [1.807, 2.05) is 0 Å². The van der Waals surface area contributed by atoms with Gasteiger partial charge in [0.05, 0.1) is 0 Å². The molecule has 0 N–H and O–H groups in total. The Morgan fingerprint density at radius 2 is 0.710 bits per heavy atom. The highest BCUT2D eigenvalue weighted by Gasteiger charge is 2.19. The van der Waals surface area contributed by atoms with E-state index in [9.17, 15) is 14.4 Å². The average Bonchev–Trinajstić information content (AvgIpc) is 3.27. The molecule has 0 rings (SSSR count). The van der Waals surface area contributed by atoms with E-state index in [1.165, 1.54) is 57.8 Å². The highest BCUT2D eigenvalue weighted by Crippen LogP contribution is 2.11. The van der Waals surface area contributed by atoms with Crippen LogP contribution < -0.4 is 0 Å². The van der Waals surface area contributed by atoms with Crippen LogP contribution in [0.4, 0.5) is 0 Å². The molecule has 0 spiro atoms. The van der Waals surface area contributed by atoms with Crippen molar-refractivity contribution in [3.8, 4) is 0 Å². The lowest BCUT2D eigenvalue weighted by atomic mass is 10.1. The van der Waals surface area contributed by atoms with Crippen molar-refractivity contribution < 1.29 is 28.6 Å². The van der Waals surface area contributed by atoms with Gasteiger partial charge in [-0.05, 0) is 103 Å². The highest BCUT2D eigenvalue weighted by molar-refractivity contribution is 5.71. The maximum atomic E-state index is 12.8. The first-order valence-electron chi connectivity index (χ1n) is 24.9. The van der Waals surface area contributed by atoms with Crippen LogP contribution in [0.5, 0.6) is 0 Å². The van der Waals surface area contributed by atoms with E-state index in [-0.39, 0.29) is 44.0 Å². The molecule has 0 radical (unpaired) electrons. The Labute approximate surface area is 380 Å². The lowest BCUT2D eigenvalue weighted by Crippen LogP contribution is -2.30. The molecule has 0 aliphatic rings. The number of ether oxygens (including phenoxy) is 3. The van der Waals surface area contributed by atoms with Gasteiger partial charge >= 0.3 is 17.9 Å². The Morgan fingerprint density at radius 1 is 0.355 bits per heavy atom. The number of hydrogen-bond donors (Lipinski definition) is 0. The summed E-state index contributed by atoms with van der Waals surface area (Å²) in [5, 5.41) is 0. The molecule has 0 aromatic heterocycles. The van der Waals surface area contributed by atoms with Crippen LogP contribution in [-0.2, 0) is 28.6 Å². The van der Waals surface area contributed by atoms with E-state index in [2.05, 4.69) is 130 Å². The van der Waals surface area contributed by atoms with Crippen LogP contribution in [-0.4, -0.2) is 37.2 Å². The molecule has 0 aromatic rings. The van der Waals surface area contributed by atoms with Crippen LogP contribution in [0.2, 0.25) is 0 Å². The molecule has 0 fully saturated rings. The molecular formula is C56H90O6. The Morgan fingerprint density at radius 3 is 1.18 bits per heavy atom. The number of carbonyl (C=O) groups excluding carboxylic acids is 3. The van der Waals surface area contributed by atoms with E-state index in [1.54, 1.807) is 0 Å². The minimum atomic E-state index is -0.826. The normalized spacial score (nSPS) is 13.0. The molecule has 6 nitrogen and oxygen atoms in total. The number of hydrogen-bond acceptors (Lipinski definition) is 6. The molecule has 0 aliphatic carbocycles. The fraction of sp³-hybridized carbons (Fsp3) is 0.625. The van der Waals surface area contributed by atoms with Gasteiger partial charge in [-0.25, -0.2) is 0 Å². The fourth-order valence-electron chi connectivity index (χ4n) is 6.27. The minimum Gasteiger partial charge on any atom is -0.462 e. The van der Waals surface area contributed by atoms with Crippen molar-refractivity contribution >= 4 is 17.9 Å². The van der Waals surface area contributed by atoms with Crippen molar-refractivity contribution in [1.29, 1.82) is 0 Å². The van der Waals surface area contributed by atoms with E-state index < -0.39 is 6.10 Å². The first kappa shape index (κ1) is 58.1. The SMILES string of the molecule is CC/C=C\C/C=C\C/C=C\C/C=C\C/C=C\CCCC(=O)OCC(COC(=O)CCCCC/C=C\C=C/CCCC)OC(=O)CCCCC/C=C\C=C/CCCCCCCCC. The number of allylic oxidation sites excluding steroid dienone is 18. The third kappa shape index (κ3) is 47.1. The Bertz CT molecular complexity index is 1310. The van der Waals surface area contributed by atoms with Crippen molar-refractivity contribution in [3.05, 3.63) is 109 Å². The van der Waals surface area contributed by atoms with Crippen molar-refractivity contribution in [3.63, 3.8) is 0 Å². The Hall–Kier alpha value is -3.93. The molecular weight excluding hydrogens is 769 g/mol. The van der Waals surface area contributed by atoms with Crippen molar-refractivity contribution in [1.82, 2.24) is 0 Å². The molecule has 0 bridgehead atoms. The van der Waals surface area contributed by atoms with Gasteiger partial charge in [0.1, 0.15) is 13.2 Å². The van der Waals surface area contributed by atoms with Crippen molar-refractivity contribution in [2.45, 2.75) is 213 Å². The monoisotopic (exact) mass is 859 g/mol. The first-order chi connectivity index (χ1) is 30.5. The third-order valence-electron chi connectivity index (χ3n) is 10.0. The van der Waals surface area contributed by atoms with Crippen molar-refractivity contribution in [2.75, 3.05) is 13.2 Å². The van der Waals surface area contributed by atoms with Crippen LogP contribution in [0.25, 0.3) is 0 Å². The maximum absolute atomic E-state index is 12.8. The molecule has 1 unspecified atom stereocenters. The van der Waals surface area contributed by atoms with Gasteiger partial charge in [-0.3, -0.25) is 14.4 Å². The lowest BCUT2D eigenvalue weighted by Gasteiger charge is -2.18. The Kier molecular flexibility index (Phi) is 46.6. The summed E-state index contributed by atoms with van der Waals surface area (Å²) in [5.74, 6) is -1.04. The van der Waals surface area contributed by atoms with Gasteiger partial charge in [-0.15, -0.1) is 0 Å². The van der Waals surface area contributed by atoms with E-state index in [0.717, 1.165) is 96.3 Å². The summed E-state index contributed by atoms with van der Waals surface area (Å²) >= 11 is 0. The predicted molar refractivity (Wildman–Crippen MR) is 265 cm³/mol. The molecule has 1 atom stereocenters. The molecule has 0 heterocycles. The first-order valence-corrected chi connectivity index (χ1v) is 24.9. The fourth-order valence-corrected chi connectivity index (χ4v) is 6.27.